The number of aliphatic hydroxyl groups is 1. The number of hydrogen-bond donors (Lipinski definition) is 3. The summed E-state index contributed by atoms with van der Waals surface area (Å²) in [7, 11) is 0. The molecule has 3 amide bonds. The lowest BCUT2D eigenvalue weighted by molar-refractivity contribution is -0.191. The largest absolute Gasteiger partial charge is 0.445 e. The Balaban J connectivity index is 1.99. The highest BCUT2D eigenvalue weighted by molar-refractivity contribution is 5.89. The minimum absolute atomic E-state index is 0.0637. The third-order valence-corrected chi connectivity index (χ3v) is 9.10. The minimum atomic E-state index is -1.15. The second-order valence-corrected chi connectivity index (χ2v) is 10.6. The number of rotatable bonds is 4. The van der Waals surface area contributed by atoms with Gasteiger partial charge in [-0.05, 0) is 42.9 Å². The zero-order chi connectivity index (χ0) is 24.8. The molecule has 4 N–H and O–H groups in total. The van der Waals surface area contributed by atoms with E-state index in [-0.39, 0.29) is 35.4 Å². The van der Waals surface area contributed by atoms with E-state index in [1.165, 1.54) is 0 Å². The van der Waals surface area contributed by atoms with Gasteiger partial charge in [-0.3, -0.25) is 9.59 Å². The fourth-order valence-corrected chi connectivity index (χ4v) is 6.92. The topological polar surface area (TPSA) is 145 Å². The molecule has 0 aliphatic heterocycles. The molecule has 3 aliphatic rings. The summed E-state index contributed by atoms with van der Waals surface area (Å²) in [6, 6.07) is 0. The molecule has 3 fully saturated rings. The van der Waals surface area contributed by atoms with Crippen molar-refractivity contribution in [2.75, 3.05) is 6.61 Å². The number of carbonyl (C=O) groups excluding carboxylic acids is 4. The van der Waals surface area contributed by atoms with Gasteiger partial charge in [0.25, 0.3) is 5.91 Å². The van der Waals surface area contributed by atoms with Crippen LogP contribution < -0.4 is 11.1 Å². The zero-order valence-corrected chi connectivity index (χ0v) is 19.9. The lowest BCUT2D eigenvalue weighted by Gasteiger charge is -2.61. The van der Waals surface area contributed by atoms with Crippen LogP contribution in [-0.2, 0) is 19.1 Å². The number of ether oxygens (including phenoxy) is 2. The predicted octanol–water partition coefficient (Wildman–Crippen LogP) is 2.70. The van der Waals surface area contributed by atoms with E-state index in [1.807, 2.05) is 26.1 Å². The summed E-state index contributed by atoms with van der Waals surface area (Å²) in [6.07, 6.45) is 0.985. The van der Waals surface area contributed by atoms with Gasteiger partial charge in [0.1, 0.15) is 11.9 Å². The first-order valence-electron chi connectivity index (χ1n) is 11.6. The minimum Gasteiger partial charge on any atom is -0.445 e. The number of ketones is 1. The van der Waals surface area contributed by atoms with Gasteiger partial charge in [-0.1, -0.05) is 33.8 Å². The normalized spacial score (nSPS) is 42.3. The van der Waals surface area contributed by atoms with E-state index < -0.39 is 47.7 Å². The Morgan fingerprint density at radius 3 is 2.52 bits per heavy atom. The van der Waals surface area contributed by atoms with Crippen LogP contribution in [0.5, 0.6) is 0 Å². The van der Waals surface area contributed by atoms with Crippen LogP contribution in [0.2, 0.25) is 0 Å². The van der Waals surface area contributed by atoms with Gasteiger partial charge in [0.15, 0.2) is 6.61 Å². The molecule has 8 atom stereocenters. The summed E-state index contributed by atoms with van der Waals surface area (Å²) in [4.78, 5) is 48.6. The fraction of sp³-hybridized carbons (Fsp3) is 0.750. The van der Waals surface area contributed by atoms with Crippen molar-refractivity contribution in [2.45, 2.75) is 72.0 Å². The molecule has 33 heavy (non-hydrogen) atoms. The van der Waals surface area contributed by atoms with Crippen LogP contribution in [0, 0.1) is 34.0 Å². The molecule has 2 bridgehead atoms. The van der Waals surface area contributed by atoms with Gasteiger partial charge >= 0.3 is 12.2 Å². The van der Waals surface area contributed by atoms with Gasteiger partial charge in [-0.15, -0.1) is 6.58 Å². The number of primary amides is 1. The van der Waals surface area contributed by atoms with Crippen LogP contribution in [0.3, 0.4) is 0 Å². The van der Waals surface area contributed by atoms with Crippen molar-refractivity contribution in [1.82, 2.24) is 5.32 Å². The number of amides is 3. The van der Waals surface area contributed by atoms with Crippen LogP contribution in [0.25, 0.3) is 0 Å². The van der Waals surface area contributed by atoms with Gasteiger partial charge < -0.3 is 20.3 Å². The molecular formula is C24H36N2O7. The molecule has 0 aromatic rings. The average Bonchev–Trinajstić information content (AvgIpc) is 3.11. The van der Waals surface area contributed by atoms with Crippen LogP contribution in [-0.4, -0.2) is 47.8 Å². The maximum atomic E-state index is 13.3. The van der Waals surface area contributed by atoms with Crippen molar-refractivity contribution in [3.05, 3.63) is 12.7 Å². The van der Waals surface area contributed by atoms with Crippen molar-refractivity contribution in [1.29, 1.82) is 0 Å². The summed E-state index contributed by atoms with van der Waals surface area (Å²) in [6.45, 7) is 11.3. The van der Waals surface area contributed by atoms with Crippen molar-refractivity contribution >= 4 is 23.9 Å². The van der Waals surface area contributed by atoms with Gasteiger partial charge in [0.2, 0.25) is 0 Å². The van der Waals surface area contributed by atoms with E-state index in [9.17, 15) is 24.3 Å². The Morgan fingerprint density at radius 2 is 1.91 bits per heavy atom. The summed E-state index contributed by atoms with van der Waals surface area (Å²) >= 11 is 0. The summed E-state index contributed by atoms with van der Waals surface area (Å²) in [5.74, 6) is -1.16. The molecule has 0 aromatic heterocycles. The van der Waals surface area contributed by atoms with Crippen LogP contribution in [0.1, 0.15) is 59.8 Å². The Labute approximate surface area is 194 Å². The second-order valence-electron chi connectivity index (χ2n) is 10.6. The molecule has 1 unspecified atom stereocenters. The highest BCUT2D eigenvalue weighted by Gasteiger charge is 2.68. The quantitative estimate of drug-likeness (QED) is 0.542. The smallest absolute Gasteiger partial charge is 0.417 e. The molecule has 3 rings (SSSR count). The lowest BCUT2D eigenvalue weighted by atomic mass is 9.44. The number of carbonyl (C=O) groups is 4. The number of hydrogen-bond acceptors (Lipinski definition) is 7. The highest BCUT2D eigenvalue weighted by atomic mass is 16.6. The third-order valence-electron chi connectivity index (χ3n) is 9.10. The van der Waals surface area contributed by atoms with E-state index in [2.05, 4.69) is 18.2 Å². The van der Waals surface area contributed by atoms with E-state index >= 15 is 0 Å². The van der Waals surface area contributed by atoms with Gasteiger partial charge in [-0.2, -0.15) is 0 Å². The number of nitrogens with one attached hydrogen (secondary N) is 1. The molecule has 184 valence electrons. The molecule has 3 aliphatic carbocycles. The van der Waals surface area contributed by atoms with E-state index in [4.69, 9.17) is 10.5 Å². The highest BCUT2D eigenvalue weighted by Crippen LogP contribution is 2.67. The Hall–Kier alpha value is -2.42. The van der Waals surface area contributed by atoms with Crippen LogP contribution >= 0.6 is 0 Å². The average molecular weight is 465 g/mol. The van der Waals surface area contributed by atoms with Crippen molar-refractivity contribution in [3.63, 3.8) is 0 Å². The summed E-state index contributed by atoms with van der Waals surface area (Å²) in [5, 5.41) is 13.4. The fourth-order valence-electron chi connectivity index (χ4n) is 6.92. The molecule has 0 radical (unpaired) electrons. The van der Waals surface area contributed by atoms with Gasteiger partial charge in [-0.25, -0.2) is 14.9 Å². The predicted molar refractivity (Wildman–Crippen MR) is 119 cm³/mol. The molecule has 9 heteroatoms. The molecular weight excluding hydrogens is 428 g/mol. The van der Waals surface area contributed by atoms with E-state index in [0.29, 0.717) is 12.8 Å². The van der Waals surface area contributed by atoms with Crippen molar-refractivity contribution < 1.29 is 33.8 Å². The molecule has 0 aromatic carbocycles. The first-order valence-corrected chi connectivity index (χ1v) is 11.6. The molecule has 9 nitrogen and oxygen atoms in total. The van der Waals surface area contributed by atoms with Gasteiger partial charge in [0, 0.05) is 23.2 Å². The van der Waals surface area contributed by atoms with E-state index in [1.54, 1.807) is 6.08 Å². The SMILES string of the molecule is C=C[C@]1(C)C[C@@H](OC(=O)NC(=O)OCC(N)=O)[C@@]2(C)C(C)CC[C@]3(CCC(=O)[C@H]32)[C@@H](C)[C@@H]1O. The standard InChI is InChI=1S/C24H36N2O7/c1-6-22(4)11-16(33-21(31)26-20(30)32-12-17(25)28)23(5)13(2)7-9-24(14(3)19(22)29)10-8-15(27)18(23)24/h6,13-14,16,18-19,29H,1,7-12H2,2-5H3,(H2,25,28)(H,26,30,31)/t13?,14-,16+,18-,19-,22+,23+,24-/m0/s1. The first kappa shape index (κ1) is 25.2. The second kappa shape index (κ2) is 8.74. The number of alkyl carbamates (subject to hydrolysis) is 2. The Kier molecular flexibility index (Phi) is 6.68. The Bertz CT molecular complexity index is 860. The van der Waals surface area contributed by atoms with Crippen molar-refractivity contribution in [3.8, 4) is 0 Å². The van der Waals surface area contributed by atoms with Crippen molar-refractivity contribution in [2.24, 2.45) is 39.7 Å². The third kappa shape index (κ3) is 4.05. The number of aliphatic hydroxyl groups excluding tert-OH is 1. The molecule has 0 heterocycles. The summed E-state index contributed by atoms with van der Waals surface area (Å²) < 4.78 is 10.4. The van der Waals surface area contributed by atoms with Crippen LogP contribution in [0.15, 0.2) is 12.7 Å². The first-order chi connectivity index (χ1) is 15.3. The monoisotopic (exact) mass is 464 g/mol. The number of Topliss-reactive ketones (excluding diaryl/α,β-unsaturated/α-hetero) is 1. The molecule has 3 saturated carbocycles. The number of imide groups is 1. The molecule has 0 spiro atoms. The van der Waals surface area contributed by atoms with Crippen LogP contribution in [0.4, 0.5) is 9.59 Å². The maximum absolute atomic E-state index is 13.3. The maximum Gasteiger partial charge on any atom is 0.417 e. The molecule has 0 saturated heterocycles. The zero-order valence-electron chi connectivity index (χ0n) is 19.9. The summed E-state index contributed by atoms with van der Waals surface area (Å²) in [5.41, 5.74) is 3.09. The Morgan fingerprint density at radius 1 is 1.24 bits per heavy atom. The lowest BCUT2D eigenvalue weighted by Crippen LogP contribution is -2.63. The van der Waals surface area contributed by atoms with Gasteiger partial charge in [0.05, 0.1) is 6.10 Å². The number of nitrogens with two attached hydrogens (primary N) is 1. The van der Waals surface area contributed by atoms with E-state index in [0.717, 1.165) is 12.8 Å².